The van der Waals surface area contributed by atoms with E-state index in [0.29, 0.717) is 5.02 Å². The lowest BCUT2D eigenvalue weighted by molar-refractivity contribution is -0.121. The van der Waals surface area contributed by atoms with Crippen LogP contribution in [0.2, 0.25) is 5.02 Å². The minimum absolute atomic E-state index is 0.0654. The van der Waals surface area contributed by atoms with Crippen molar-refractivity contribution >= 4 is 50.6 Å². The molecule has 1 amide bonds. The molecule has 1 aromatic heterocycles. The van der Waals surface area contributed by atoms with Crippen molar-refractivity contribution in [3.8, 4) is 0 Å². The number of carbonyl (C=O) groups excluding carboxylic acids is 1. The monoisotopic (exact) mass is 416 g/mol. The molecule has 1 aliphatic rings. The van der Waals surface area contributed by atoms with Gasteiger partial charge in [0.1, 0.15) is 4.21 Å². The Kier molecular flexibility index (Phi) is 6.06. The molecule has 1 aromatic carbocycles. The molecule has 5 nitrogen and oxygen atoms in total. The number of amides is 1. The molecular formula is C16H17ClN2O3S3. The van der Waals surface area contributed by atoms with Crippen LogP contribution in [-0.4, -0.2) is 26.6 Å². The molecule has 3 rings (SSSR count). The van der Waals surface area contributed by atoms with Gasteiger partial charge in [0.2, 0.25) is 15.9 Å². The Hall–Kier alpha value is -1.06. The second-order valence-corrected chi connectivity index (χ2v) is 10.0. The first-order valence-electron chi connectivity index (χ1n) is 7.70. The second-order valence-electron chi connectivity index (χ2n) is 5.52. The number of halogens is 1. The minimum atomic E-state index is -3.53. The zero-order valence-corrected chi connectivity index (χ0v) is 16.4. The maximum absolute atomic E-state index is 12.2. The predicted molar refractivity (Wildman–Crippen MR) is 102 cm³/mol. The number of thiophene rings is 1. The maximum atomic E-state index is 12.2. The Balaban J connectivity index is 1.55. The van der Waals surface area contributed by atoms with Gasteiger partial charge in [-0.2, -0.15) is 0 Å². The fraction of sp³-hybridized carbons (Fsp3) is 0.312. The summed E-state index contributed by atoms with van der Waals surface area (Å²) in [7, 11) is -3.53. The average molecular weight is 417 g/mol. The van der Waals surface area contributed by atoms with Crippen molar-refractivity contribution in [3.63, 3.8) is 0 Å². The summed E-state index contributed by atoms with van der Waals surface area (Å²) in [6.07, 6.45) is 0.912. The quantitative estimate of drug-likeness (QED) is 0.756. The molecule has 25 heavy (non-hydrogen) atoms. The van der Waals surface area contributed by atoms with E-state index < -0.39 is 10.0 Å². The van der Waals surface area contributed by atoms with Crippen LogP contribution in [0, 0.1) is 0 Å². The molecule has 0 saturated heterocycles. The summed E-state index contributed by atoms with van der Waals surface area (Å²) in [5.41, 5.74) is 1.02. The first kappa shape index (κ1) is 18.7. The van der Waals surface area contributed by atoms with Crippen molar-refractivity contribution in [2.75, 3.05) is 12.3 Å². The summed E-state index contributed by atoms with van der Waals surface area (Å²) in [5.74, 6) is 0.738. The highest BCUT2D eigenvalue weighted by molar-refractivity contribution is 7.99. The van der Waals surface area contributed by atoms with E-state index in [1.54, 1.807) is 23.2 Å². The normalized spacial score (nSPS) is 17.1. The molecular weight excluding hydrogens is 400 g/mol. The fourth-order valence-corrected chi connectivity index (χ4v) is 5.92. The number of nitrogens with one attached hydrogen (secondary N) is 2. The standard InChI is InChI=1S/C16H17ClN2O3S3/c17-11-3-4-14-12(10-11)13(6-9-23-14)19-15(20)5-7-18-25(21,22)16-2-1-8-24-16/h1-4,8,10,13,18H,5-7,9H2,(H,19,20)/t13-/m1/s1. The number of hydrogen-bond donors (Lipinski definition) is 2. The lowest BCUT2D eigenvalue weighted by Gasteiger charge is -2.26. The van der Waals surface area contributed by atoms with E-state index >= 15 is 0 Å². The Morgan fingerprint density at radius 2 is 2.16 bits per heavy atom. The highest BCUT2D eigenvalue weighted by atomic mass is 35.5. The van der Waals surface area contributed by atoms with Crippen LogP contribution >= 0.6 is 34.7 Å². The lowest BCUT2D eigenvalue weighted by Crippen LogP contribution is -2.34. The van der Waals surface area contributed by atoms with Gasteiger partial charge in [0.05, 0.1) is 6.04 Å². The van der Waals surface area contributed by atoms with Crippen LogP contribution in [0.3, 0.4) is 0 Å². The Bertz CT molecular complexity index is 854. The molecule has 1 aliphatic heterocycles. The largest absolute Gasteiger partial charge is 0.349 e. The Morgan fingerprint density at radius 1 is 1.32 bits per heavy atom. The number of benzene rings is 1. The van der Waals surface area contributed by atoms with Gasteiger partial charge in [-0.25, -0.2) is 13.1 Å². The minimum Gasteiger partial charge on any atom is -0.349 e. The molecule has 134 valence electrons. The van der Waals surface area contributed by atoms with Crippen molar-refractivity contribution in [2.24, 2.45) is 0 Å². The van der Waals surface area contributed by atoms with Crippen molar-refractivity contribution in [1.82, 2.24) is 10.0 Å². The van der Waals surface area contributed by atoms with Crippen LogP contribution in [0.15, 0.2) is 44.8 Å². The lowest BCUT2D eigenvalue weighted by atomic mass is 10.0. The third kappa shape index (κ3) is 4.77. The van der Waals surface area contributed by atoms with Crippen LogP contribution in [0.4, 0.5) is 0 Å². The van der Waals surface area contributed by atoms with Crippen LogP contribution in [0.25, 0.3) is 0 Å². The first-order valence-corrected chi connectivity index (χ1v) is 11.4. The van der Waals surface area contributed by atoms with Crippen LogP contribution in [0.5, 0.6) is 0 Å². The summed E-state index contributed by atoms with van der Waals surface area (Å²) in [4.78, 5) is 13.3. The van der Waals surface area contributed by atoms with E-state index in [4.69, 9.17) is 11.6 Å². The van der Waals surface area contributed by atoms with Crippen LogP contribution < -0.4 is 10.0 Å². The fourth-order valence-electron chi connectivity index (χ4n) is 2.57. The second kappa shape index (κ2) is 8.09. The van der Waals surface area contributed by atoms with Gasteiger partial charge in [0.15, 0.2) is 0 Å². The van der Waals surface area contributed by atoms with Gasteiger partial charge < -0.3 is 5.32 Å². The molecule has 1 atom stereocenters. The van der Waals surface area contributed by atoms with Gasteiger partial charge >= 0.3 is 0 Å². The van der Waals surface area contributed by atoms with Crippen molar-refractivity contribution in [3.05, 3.63) is 46.3 Å². The molecule has 2 heterocycles. The number of sulfonamides is 1. The van der Waals surface area contributed by atoms with Gasteiger partial charge in [0.25, 0.3) is 0 Å². The number of rotatable bonds is 6. The molecule has 0 spiro atoms. The van der Waals surface area contributed by atoms with E-state index in [1.165, 1.54) is 6.07 Å². The topological polar surface area (TPSA) is 75.3 Å². The number of fused-ring (bicyclic) bond motifs is 1. The van der Waals surface area contributed by atoms with Gasteiger partial charge in [-0.1, -0.05) is 17.7 Å². The zero-order chi connectivity index (χ0) is 17.9. The summed E-state index contributed by atoms with van der Waals surface area (Å²) < 4.78 is 26.7. The maximum Gasteiger partial charge on any atom is 0.250 e. The van der Waals surface area contributed by atoms with Gasteiger partial charge in [-0.15, -0.1) is 23.1 Å². The van der Waals surface area contributed by atoms with Gasteiger partial charge in [0, 0.05) is 28.6 Å². The number of hydrogen-bond acceptors (Lipinski definition) is 5. The summed E-state index contributed by atoms with van der Waals surface area (Å²) in [5, 5.41) is 5.32. The molecule has 2 N–H and O–H groups in total. The smallest absolute Gasteiger partial charge is 0.250 e. The third-order valence-corrected chi connectivity index (χ3v) is 7.97. The van der Waals surface area contributed by atoms with Gasteiger partial charge in [-0.05, 0) is 41.6 Å². The van der Waals surface area contributed by atoms with E-state index in [-0.39, 0.29) is 29.1 Å². The van der Waals surface area contributed by atoms with Gasteiger partial charge in [-0.3, -0.25) is 4.79 Å². The molecule has 0 aliphatic carbocycles. The molecule has 0 radical (unpaired) electrons. The molecule has 0 bridgehead atoms. The van der Waals surface area contributed by atoms with E-state index in [2.05, 4.69) is 10.0 Å². The highest BCUT2D eigenvalue weighted by Crippen LogP contribution is 2.37. The molecule has 0 unspecified atom stereocenters. The molecule has 9 heteroatoms. The predicted octanol–water partition coefficient (Wildman–Crippen LogP) is 3.42. The highest BCUT2D eigenvalue weighted by Gasteiger charge is 2.23. The van der Waals surface area contributed by atoms with E-state index in [9.17, 15) is 13.2 Å². The van der Waals surface area contributed by atoms with Crippen LogP contribution in [0.1, 0.15) is 24.4 Å². The summed E-state index contributed by atoms with van der Waals surface area (Å²) in [6.45, 7) is 0.0654. The average Bonchev–Trinajstić information content (AvgIpc) is 3.11. The van der Waals surface area contributed by atoms with Crippen molar-refractivity contribution < 1.29 is 13.2 Å². The number of thioether (sulfide) groups is 1. The first-order chi connectivity index (χ1) is 12.0. The SMILES string of the molecule is O=C(CCNS(=O)(=O)c1cccs1)N[C@@H]1CCSc2ccc(Cl)cc21. The van der Waals surface area contributed by atoms with Crippen molar-refractivity contribution in [1.29, 1.82) is 0 Å². The third-order valence-electron chi connectivity index (χ3n) is 3.75. The summed E-state index contributed by atoms with van der Waals surface area (Å²) in [6, 6.07) is 8.82. The Morgan fingerprint density at radius 3 is 2.92 bits per heavy atom. The van der Waals surface area contributed by atoms with E-state index in [1.807, 2.05) is 18.2 Å². The molecule has 0 fully saturated rings. The van der Waals surface area contributed by atoms with E-state index in [0.717, 1.165) is 34.0 Å². The number of carbonyl (C=O) groups is 1. The Labute approximate surface area is 160 Å². The molecule has 2 aromatic rings. The molecule has 0 saturated carbocycles. The summed E-state index contributed by atoms with van der Waals surface area (Å²) >= 11 is 8.96. The van der Waals surface area contributed by atoms with Crippen LogP contribution in [-0.2, 0) is 14.8 Å². The zero-order valence-electron chi connectivity index (χ0n) is 13.2. The van der Waals surface area contributed by atoms with Crippen molar-refractivity contribution in [2.45, 2.75) is 28.0 Å².